The van der Waals surface area contributed by atoms with E-state index >= 15 is 0 Å². The van der Waals surface area contributed by atoms with Crippen LogP contribution in [0.5, 0.6) is 0 Å². The van der Waals surface area contributed by atoms with E-state index in [4.69, 9.17) is 5.11 Å². The zero-order valence-corrected chi connectivity index (χ0v) is 10.8. The summed E-state index contributed by atoms with van der Waals surface area (Å²) in [5, 5.41) is 8.37. The Morgan fingerprint density at radius 1 is 1.35 bits per heavy atom. The van der Waals surface area contributed by atoms with Gasteiger partial charge in [-0.15, -0.1) is 11.8 Å². The molecule has 0 unspecified atom stereocenters. The average molecular weight is 272 g/mol. The third-order valence-electron chi connectivity index (χ3n) is 1.86. The zero-order chi connectivity index (χ0) is 12.9. The van der Waals surface area contributed by atoms with Gasteiger partial charge in [0.2, 0.25) is 0 Å². The number of carboxylic acid groups (broad SMARTS) is 1. The highest BCUT2D eigenvalue weighted by Gasteiger charge is 2.05. The molecule has 0 aliphatic rings. The fourth-order valence-corrected chi connectivity index (χ4v) is 2.42. The topological polar surface area (TPSA) is 71.4 Å². The lowest BCUT2D eigenvalue weighted by molar-refractivity contribution is -0.131. The monoisotopic (exact) mass is 272 g/mol. The summed E-state index contributed by atoms with van der Waals surface area (Å²) in [5.74, 6) is -0.442. The highest BCUT2D eigenvalue weighted by atomic mass is 32.2. The Bertz CT molecular complexity index is 515. The lowest BCUT2D eigenvalue weighted by Gasteiger charge is -2.00. The van der Waals surface area contributed by atoms with E-state index in [1.54, 1.807) is 24.3 Å². The van der Waals surface area contributed by atoms with E-state index in [-0.39, 0.29) is 4.90 Å². The molecule has 0 radical (unpaired) electrons. The van der Waals surface area contributed by atoms with Crippen LogP contribution >= 0.6 is 11.8 Å². The summed E-state index contributed by atoms with van der Waals surface area (Å²) >= 11 is 1.44. The van der Waals surface area contributed by atoms with Crippen molar-refractivity contribution in [3.05, 3.63) is 36.4 Å². The van der Waals surface area contributed by atoms with Crippen LogP contribution < -0.4 is 0 Å². The van der Waals surface area contributed by atoms with Gasteiger partial charge in [0.1, 0.15) is 0 Å². The molecule has 0 heterocycles. The number of thioether (sulfide) groups is 1. The summed E-state index contributed by atoms with van der Waals surface area (Å²) in [6.07, 6.45) is 3.78. The number of carbonyl (C=O) groups is 1. The summed E-state index contributed by atoms with van der Waals surface area (Å²) in [5.41, 5.74) is 0. The molecule has 0 aromatic heterocycles. The van der Waals surface area contributed by atoms with Crippen LogP contribution in [0.3, 0.4) is 0 Å². The van der Waals surface area contributed by atoms with E-state index < -0.39 is 15.8 Å². The van der Waals surface area contributed by atoms with Crippen LogP contribution in [0.1, 0.15) is 0 Å². The minimum absolute atomic E-state index is 0.280. The molecular formula is C11H12O4S2. The van der Waals surface area contributed by atoms with Gasteiger partial charge in [-0.05, 0) is 24.3 Å². The molecule has 0 atom stereocenters. The second kappa shape index (κ2) is 5.88. The van der Waals surface area contributed by atoms with Crippen LogP contribution in [0.2, 0.25) is 0 Å². The molecule has 4 nitrogen and oxygen atoms in total. The summed E-state index contributed by atoms with van der Waals surface area (Å²) in [4.78, 5) is 11.4. The molecule has 92 valence electrons. The Morgan fingerprint density at radius 3 is 2.41 bits per heavy atom. The van der Waals surface area contributed by atoms with Crippen molar-refractivity contribution in [3.8, 4) is 0 Å². The first-order valence-electron chi connectivity index (χ1n) is 4.72. The Hall–Kier alpha value is -1.27. The molecule has 6 heteroatoms. The standard InChI is InChI=1S/C11H12O4S2/c1-17(14,15)10-6-4-9(5-7-10)16-8-2-3-11(12)13/h2-7H,8H2,1H3,(H,12,13)/b3-2+. The van der Waals surface area contributed by atoms with Gasteiger partial charge in [-0.3, -0.25) is 0 Å². The molecule has 0 aliphatic heterocycles. The van der Waals surface area contributed by atoms with E-state index in [0.717, 1.165) is 17.2 Å². The van der Waals surface area contributed by atoms with Crippen LogP contribution in [0.4, 0.5) is 0 Å². The normalized spacial score (nSPS) is 11.8. The van der Waals surface area contributed by atoms with Gasteiger partial charge in [-0.1, -0.05) is 6.08 Å². The van der Waals surface area contributed by atoms with Gasteiger partial charge >= 0.3 is 5.97 Å². The summed E-state index contributed by atoms with van der Waals surface area (Å²) in [6.45, 7) is 0. The maximum atomic E-state index is 11.2. The second-order valence-corrected chi connectivity index (χ2v) is 6.40. The maximum absolute atomic E-state index is 11.2. The number of sulfone groups is 1. The fraction of sp³-hybridized carbons (Fsp3) is 0.182. The number of rotatable bonds is 5. The minimum atomic E-state index is -3.16. The van der Waals surface area contributed by atoms with Crippen molar-refractivity contribution < 1.29 is 18.3 Å². The SMILES string of the molecule is CS(=O)(=O)c1ccc(SC/C=C/C(=O)O)cc1. The average Bonchev–Trinajstić information content (AvgIpc) is 2.23. The first-order valence-corrected chi connectivity index (χ1v) is 7.59. The van der Waals surface area contributed by atoms with E-state index in [0.29, 0.717) is 5.75 Å². The van der Waals surface area contributed by atoms with E-state index in [9.17, 15) is 13.2 Å². The van der Waals surface area contributed by atoms with Crippen molar-refractivity contribution in [2.24, 2.45) is 0 Å². The van der Waals surface area contributed by atoms with Crippen molar-refractivity contribution in [1.29, 1.82) is 0 Å². The van der Waals surface area contributed by atoms with Crippen molar-refractivity contribution in [3.63, 3.8) is 0 Å². The lowest BCUT2D eigenvalue weighted by atomic mass is 10.4. The fourth-order valence-electron chi connectivity index (χ4n) is 1.08. The highest BCUT2D eigenvalue weighted by molar-refractivity contribution is 7.99. The number of hydrogen-bond donors (Lipinski definition) is 1. The largest absolute Gasteiger partial charge is 0.478 e. The predicted molar refractivity (Wildman–Crippen MR) is 67.1 cm³/mol. The molecule has 0 saturated heterocycles. The Morgan fingerprint density at radius 2 is 1.94 bits per heavy atom. The van der Waals surface area contributed by atoms with Crippen molar-refractivity contribution in [2.45, 2.75) is 9.79 Å². The summed E-state index contributed by atoms with van der Waals surface area (Å²) < 4.78 is 22.4. The molecule has 0 aliphatic carbocycles. The van der Waals surface area contributed by atoms with Gasteiger partial charge in [0.05, 0.1) is 4.90 Å². The van der Waals surface area contributed by atoms with Crippen LogP contribution in [0.15, 0.2) is 46.2 Å². The molecular weight excluding hydrogens is 260 g/mol. The van der Waals surface area contributed by atoms with Gasteiger partial charge in [0.25, 0.3) is 0 Å². The van der Waals surface area contributed by atoms with Gasteiger partial charge in [0, 0.05) is 23.0 Å². The van der Waals surface area contributed by atoms with E-state index in [1.807, 2.05) is 0 Å². The van der Waals surface area contributed by atoms with E-state index in [1.165, 1.54) is 17.8 Å². The number of aliphatic carboxylic acids is 1. The third kappa shape index (κ3) is 5.06. The quantitative estimate of drug-likeness (QED) is 0.654. The minimum Gasteiger partial charge on any atom is -0.478 e. The molecule has 1 N–H and O–H groups in total. The summed E-state index contributed by atoms with van der Waals surface area (Å²) in [6, 6.07) is 6.49. The van der Waals surface area contributed by atoms with Gasteiger partial charge in [-0.25, -0.2) is 13.2 Å². The number of hydrogen-bond acceptors (Lipinski definition) is 4. The van der Waals surface area contributed by atoms with Crippen molar-refractivity contribution in [2.75, 3.05) is 12.0 Å². The molecule has 0 amide bonds. The molecule has 17 heavy (non-hydrogen) atoms. The molecule has 0 bridgehead atoms. The van der Waals surface area contributed by atoms with Gasteiger partial charge in [0.15, 0.2) is 9.84 Å². The molecule has 0 spiro atoms. The van der Waals surface area contributed by atoms with Gasteiger partial charge in [-0.2, -0.15) is 0 Å². The Balaban J connectivity index is 2.61. The first kappa shape index (κ1) is 13.8. The molecule has 0 saturated carbocycles. The van der Waals surface area contributed by atoms with Crippen LogP contribution in [0, 0.1) is 0 Å². The second-order valence-electron chi connectivity index (χ2n) is 3.30. The Labute approximate surface area is 104 Å². The van der Waals surface area contributed by atoms with Crippen LogP contribution in [-0.2, 0) is 14.6 Å². The summed E-state index contributed by atoms with van der Waals surface area (Å²) in [7, 11) is -3.16. The molecule has 1 rings (SSSR count). The lowest BCUT2D eigenvalue weighted by Crippen LogP contribution is -1.95. The smallest absolute Gasteiger partial charge is 0.328 e. The van der Waals surface area contributed by atoms with E-state index in [2.05, 4.69) is 0 Å². The zero-order valence-electron chi connectivity index (χ0n) is 9.16. The highest BCUT2D eigenvalue weighted by Crippen LogP contribution is 2.20. The molecule has 0 fully saturated rings. The number of carboxylic acids is 1. The van der Waals surface area contributed by atoms with Crippen LogP contribution in [-0.4, -0.2) is 31.5 Å². The predicted octanol–water partition coefficient (Wildman–Crippen LogP) is 1.82. The Kier molecular flexibility index (Phi) is 4.77. The van der Waals surface area contributed by atoms with Crippen LogP contribution in [0.25, 0.3) is 0 Å². The van der Waals surface area contributed by atoms with Gasteiger partial charge < -0.3 is 5.11 Å². The number of benzene rings is 1. The van der Waals surface area contributed by atoms with Crippen molar-refractivity contribution in [1.82, 2.24) is 0 Å². The van der Waals surface area contributed by atoms with Crippen molar-refractivity contribution >= 4 is 27.6 Å². The maximum Gasteiger partial charge on any atom is 0.328 e. The molecule has 1 aromatic rings. The third-order valence-corrected chi connectivity index (χ3v) is 3.95. The first-order chi connectivity index (χ1) is 7.89. The molecule has 1 aromatic carbocycles.